The van der Waals surface area contributed by atoms with E-state index in [0.29, 0.717) is 6.54 Å². The Balaban J connectivity index is 1.85. The lowest BCUT2D eigenvalue weighted by molar-refractivity contribution is 0.392. The zero-order valence-electron chi connectivity index (χ0n) is 13.0. The first-order valence-electron chi connectivity index (χ1n) is 6.97. The molecule has 0 fully saturated rings. The van der Waals surface area contributed by atoms with Crippen LogP contribution in [0.15, 0.2) is 32.3 Å². The molecule has 0 amide bonds. The Labute approximate surface area is 124 Å². The lowest BCUT2D eigenvalue weighted by Gasteiger charge is -2.21. The predicted molar refractivity (Wildman–Crippen MR) is 81.2 cm³/mol. The number of nitrogens with zero attached hydrogens (tertiary/aromatic N) is 3. The molecule has 0 unspecified atom stereocenters. The molecule has 0 aliphatic heterocycles. The van der Waals surface area contributed by atoms with Gasteiger partial charge in [-0.3, -0.25) is 4.99 Å². The number of rotatable bonds is 5. The van der Waals surface area contributed by atoms with Crippen LogP contribution < -0.4 is 5.32 Å². The molecule has 2 aromatic heterocycles. The van der Waals surface area contributed by atoms with Crippen LogP contribution in [0, 0.1) is 13.8 Å². The molecule has 0 aliphatic rings. The molecule has 0 atom stereocenters. The van der Waals surface area contributed by atoms with E-state index in [-0.39, 0.29) is 0 Å². The summed E-state index contributed by atoms with van der Waals surface area (Å²) in [5, 5.41) is 7.30. The summed E-state index contributed by atoms with van der Waals surface area (Å²) in [5.74, 6) is 2.62. The average molecular weight is 290 g/mol. The Morgan fingerprint density at radius 3 is 2.81 bits per heavy atom. The van der Waals surface area contributed by atoms with Crippen LogP contribution >= 0.6 is 0 Å². The fraction of sp³-hybridized carbons (Fsp3) is 0.467. The van der Waals surface area contributed by atoms with E-state index >= 15 is 0 Å². The van der Waals surface area contributed by atoms with Crippen molar-refractivity contribution in [2.24, 2.45) is 4.99 Å². The number of furan rings is 1. The lowest BCUT2D eigenvalue weighted by atomic mass is 10.1. The second-order valence-corrected chi connectivity index (χ2v) is 4.96. The summed E-state index contributed by atoms with van der Waals surface area (Å²) in [4.78, 5) is 6.30. The summed E-state index contributed by atoms with van der Waals surface area (Å²) in [6.45, 7) is 5.35. The Morgan fingerprint density at radius 2 is 2.24 bits per heavy atom. The molecule has 2 heterocycles. The van der Waals surface area contributed by atoms with Crippen LogP contribution in [-0.4, -0.2) is 36.7 Å². The molecular formula is C15H22N4O2. The van der Waals surface area contributed by atoms with Crippen LogP contribution in [0.5, 0.6) is 0 Å². The minimum atomic E-state index is 0.679. The van der Waals surface area contributed by atoms with Crippen molar-refractivity contribution in [2.75, 3.05) is 20.6 Å². The van der Waals surface area contributed by atoms with Gasteiger partial charge in [-0.25, -0.2) is 0 Å². The summed E-state index contributed by atoms with van der Waals surface area (Å²) in [7, 11) is 3.75. The zero-order chi connectivity index (χ0) is 15.2. The van der Waals surface area contributed by atoms with Gasteiger partial charge < -0.3 is 19.2 Å². The maximum Gasteiger partial charge on any atom is 0.193 e. The molecule has 0 spiro atoms. The van der Waals surface area contributed by atoms with Crippen molar-refractivity contribution in [3.05, 3.63) is 41.2 Å². The second-order valence-electron chi connectivity index (χ2n) is 4.96. The van der Waals surface area contributed by atoms with Crippen molar-refractivity contribution in [1.82, 2.24) is 15.4 Å². The predicted octanol–water partition coefficient (Wildman–Crippen LogP) is 2.13. The van der Waals surface area contributed by atoms with Gasteiger partial charge in [0.05, 0.1) is 18.5 Å². The van der Waals surface area contributed by atoms with E-state index in [1.807, 2.05) is 37.9 Å². The van der Waals surface area contributed by atoms with Crippen LogP contribution in [0.3, 0.4) is 0 Å². The third kappa shape index (κ3) is 3.87. The first-order chi connectivity index (χ1) is 10.1. The molecule has 21 heavy (non-hydrogen) atoms. The highest BCUT2D eigenvalue weighted by molar-refractivity contribution is 5.79. The molecule has 0 aliphatic carbocycles. The van der Waals surface area contributed by atoms with Crippen LogP contribution in [0.2, 0.25) is 0 Å². The van der Waals surface area contributed by atoms with Crippen LogP contribution in [0.25, 0.3) is 0 Å². The average Bonchev–Trinajstić information content (AvgIpc) is 3.07. The number of aliphatic imine (C=N–C) groups is 1. The van der Waals surface area contributed by atoms with Crippen LogP contribution in [0.1, 0.15) is 22.8 Å². The Morgan fingerprint density at radius 1 is 1.43 bits per heavy atom. The van der Waals surface area contributed by atoms with Gasteiger partial charge >= 0.3 is 0 Å². The van der Waals surface area contributed by atoms with Gasteiger partial charge in [-0.05, 0) is 32.4 Å². The minimum absolute atomic E-state index is 0.679. The van der Waals surface area contributed by atoms with Gasteiger partial charge in [0.1, 0.15) is 11.5 Å². The topological polar surface area (TPSA) is 66.8 Å². The summed E-state index contributed by atoms with van der Waals surface area (Å²) in [5.41, 5.74) is 2.11. The molecule has 0 radical (unpaired) electrons. The summed E-state index contributed by atoms with van der Waals surface area (Å²) >= 11 is 0. The number of hydrogen-bond donors (Lipinski definition) is 1. The van der Waals surface area contributed by atoms with Crippen molar-refractivity contribution in [3.8, 4) is 0 Å². The number of aromatic nitrogens is 1. The van der Waals surface area contributed by atoms with Crippen molar-refractivity contribution >= 4 is 5.96 Å². The van der Waals surface area contributed by atoms with Gasteiger partial charge in [0, 0.05) is 26.2 Å². The van der Waals surface area contributed by atoms with E-state index in [4.69, 9.17) is 8.94 Å². The third-order valence-corrected chi connectivity index (χ3v) is 3.39. The molecule has 0 saturated carbocycles. The highest BCUT2D eigenvalue weighted by Crippen LogP contribution is 2.12. The van der Waals surface area contributed by atoms with Crippen molar-refractivity contribution in [2.45, 2.75) is 26.8 Å². The Kier molecular flexibility index (Phi) is 5.03. The second kappa shape index (κ2) is 6.97. The molecule has 0 saturated heterocycles. The highest BCUT2D eigenvalue weighted by Gasteiger charge is 2.11. The largest absolute Gasteiger partial charge is 0.467 e. The van der Waals surface area contributed by atoms with E-state index < -0.39 is 0 Å². The number of nitrogens with one attached hydrogen (secondary N) is 1. The fourth-order valence-electron chi connectivity index (χ4n) is 2.25. The van der Waals surface area contributed by atoms with Crippen molar-refractivity contribution in [1.29, 1.82) is 0 Å². The molecule has 1 N–H and O–H groups in total. The summed E-state index contributed by atoms with van der Waals surface area (Å²) in [6.07, 6.45) is 2.53. The summed E-state index contributed by atoms with van der Waals surface area (Å²) < 4.78 is 10.5. The quantitative estimate of drug-likeness (QED) is 0.675. The van der Waals surface area contributed by atoms with Crippen molar-refractivity contribution in [3.63, 3.8) is 0 Å². The molecule has 2 rings (SSSR count). The number of hydrogen-bond acceptors (Lipinski definition) is 4. The van der Waals surface area contributed by atoms with E-state index in [1.165, 1.54) is 0 Å². The molecule has 6 heteroatoms. The fourth-order valence-corrected chi connectivity index (χ4v) is 2.25. The summed E-state index contributed by atoms with van der Waals surface area (Å²) in [6, 6.07) is 3.84. The van der Waals surface area contributed by atoms with Gasteiger partial charge in [0.25, 0.3) is 0 Å². The minimum Gasteiger partial charge on any atom is -0.467 e. The molecule has 114 valence electrons. The van der Waals surface area contributed by atoms with Gasteiger partial charge in [-0.15, -0.1) is 0 Å². The van der Waals surface area contributed by atoms with E-state index in [1.54, 1.807) is 13.3 Å². The maximum absolute atomic E-state index is 5.35. The highest BCUT2D eigenvalue weighted by atomic mass is 16.5. The SMILES string of the molecule is CN=C(NCCc1c(C)noc1C)N(C)Cc1ccco1. The molecule has 2 aromatic rings. The van der Waals surface area contributed by atoms with Crippen LogP contribution in [0.4, 0.5) is 0 Å². The number of guanidine groups is 1. The van der Waals surface area contributed by atoms with E-state index in [0.717, 1.165) is 41.7 Å². The smallest absolute Gasteiger partial charge is 0.193 e. The first kappa shape index (κ1) is 15.2. The van der Waals surface area contributed by atoms with Gasteiger partial charge in [0.2, 0.25) is 0 Å². The zero-order valence-corrected chi connectivity index (χ0v) is 13.0. The van der Waals surface area contributed by atoms with Gasteiger partial charge in [0.15, 0.2) is 5.96 Å². The van der Waals surface area contributed by atoms with Gasteiger partial charge in [-0.1, -0.05) is 5.16 Å². The van der Waals surface area contributed by atoms with Gasteiger partial charge in [-0.2, -0.15) is 0 Å². The molecular weight excluding hydrogens is 268 g/mol. The standard InChI is InChI=1S/C15H22N4O2/c1-11-14(12(2)21-18-11)7-8-17-15(16-3)19(4)10-13-6-5-9-20-13/h5-6,9H,7-8,10H2,1-4H3,(H,16,17). The van der Waals surface area contributed by atoms with E-state index in [2.05, 4.69) is 15.5 Å². The molecule has 0 bridgehead atoms. The van der Waals surface area contributed by atoms with Crippen molar-refractivity contribution < 1.29 is 8.94 Å². The lowest BCUT2D eigenvalue weighted by Crippen LogP contribution is -2.39. The Bertz CT molecular complexity index is 567. The third-order valence-electron chi connectivity index (χ3n) is 3.39. The normalized spacial score (nSPS) is 11.7. The maximum atomic E-state index is 5.35. The first-order valence-corrected chi connectivity index (χ1v) is 6.97. The molecule has 6 nitrogen and oxygen atoms in total. The molecule has 0 aromatic carbocycles. The number of aryl methyl sites for hydroxylation is 2. The Hall–Kier alpha value is -2.24. The monoisotopic (exact) mass is 290 g/mol. The van der Waals surface area contributed by atoms with E-state index in [9.17, 15) is 0 Å². The van der Waals surface area contributed by atoms with Crippen LogP contribution in [-0.2, 0) is 13.0 Å².